The van der Waals surface area contributed by atoms with E-state index in [9.17, 15) is 4.79 Å². The van der Waals surface area contributed by atoms with Crippen LogP contribution in [0.25, 0.3) is 0 Å². The highest BCUT2D eigenvalue weighted by atomic mass is 79.9. The number of aromatic carboxylic acids is 1. The number of carbonyl (C=O) groups is 1. The Morgan fingerprint density at radius 1 is 1.73 bits per heavy atom. The Morgan fingerprint density at radius 2 is 2.27 bits per heavy atom. The maximum Gasteiger partial charge on any atom is 0.352 e. The van der Waals surface area contributed by atoms with E-state index in [1.54, 1.807) is 17.7 Å². The van der Waals surface area contributed by atoms with Gasteiger partial charge >= 0.3 is 5.97 Å². The molecule has 0 unspecified atom stereocenters. The monoisotopic (exact) mass is 217 g/mol. The molecule has 1 rings (SSSR count). The summed E-state index contributed by atoms with van der Waals surface area (Å²) in [6, 6.07) is 1.59. The minimum atomic E-state index is -0.902. The van der Waals surface area contributed by atoms with E-state index in [0.717, 1.165) is 10.2 Å². The Hall–Kier alpha value is -0.770. The predicted octanol–water partition coefficient (Wildman–Crippen LogP) is 1.79. The molecule has 0 aliphatic heterocycles. The van der Waals surface area contributed by atoms with Gasteiger partial charge in [-0.3, -0.25) is 0 Å². The first-order valence-corrected chi connectivity index (χ1v) is 3.88. The molecular weight excluding hydrogens is 210 g/mol. The van der Waals surface area contributed by atoms with Crippen molar-refractivity contribution < 1.29 is 9.90 Å². The number of nitrogens with zero attached hydrogens (tertiary/aromatic N) is 1. The van der Waals surface area contributed by atoms with E-state index < -0.39 is 5.97 Å². The van der Waals surface area contributed by atoms with Crippen molar-refractivity contribution in [3.8, 4) is 0 Å². The molecule has 0 saturated heterocycles. The number of halogens is 1. The molecule has 0 fully saturated rings. The molecule has 1 aromatic rings. The van der Waals surface area contributed by atoms with Crippen molar-refractivity contribution in [3.63, 3.8) is 0 Å². The van der Waals surface area contributed by atoms with Crippen molar-refractivity contribution in [1.29, 1.82) is 0 Å². The Balaban J connectivity index is 3.29. The van der Waals surface area contributed by atoms with E-state index in [2.05, 4.69) is 15.9 Å². The summed E-state index contributed by atoms with van der Waals surface area (Å²) in [5.41, 5.74) is 1.22. The van der Waals surface area contributed by atoms with Gasteiger partial charge in [0.15, 0.2) is 0 Å². The van der Waals surface area contributed by atoms with Gasteiger partial charge in [-0.25, -0.2) is 4.79 Å². The van der Waals surface area contributed by atoms with Crippen molar-refractivity contribution in [1.82, 2.24) is 4.57 Å². The molecule has 0 atom stereocenters. The molecule has 4 heteroatoms. The number of hydrogen-bond acceptors (Lipinski definition) is 1. The predicted molar refractivity (Wildman–Crippen MR) is 44.8 cm³/mol. The van der Waals surface area contributed by atoms with Gasteiger partial charge in [-0.2, -0.15) is 0 Å². The summed E-state index contributed by atoms with van der Waals surface area (Å²) in [4.78, 5) is 10.5. The Morgan fingerprint density at radius 3 is 2.45 bits per heavy atom. The lowest BCUT2D eigenvalue weighted by atomic mass is 10.4. The van der Waals surface area contributed by atoms with E-state index in [0.29, 0.717) is 5.69 Å². The largest absolute Gasteiger partial charge is 0.477 e. The van der Waals surface area contributed by atoms with Gasteiger partial charge in [-0.15, -0.1) is 0 Å². The fourth-order valence-corrected chi connectivity index (χ4v) is 1.35. The molecule has 1 heterocycles. The fourth-order valence-electron chi connectivity index (χ4n) is 0.867. The zero-order chi connectivity index (χ0) is 8.59. The van der Waals surface area contributed by atoms with Crippen LogP contribution in [-0.4, -0.2) is 15.6 Å². The second-order valence-corrected chi connectivity index (χ2v) is 3.18. The first kappa shape index (κ1) is 8.33. The molecular formula is C7H8BrNO2. The highest BCUT2D eigenvalue weighted by Gasteiger charge is 2.11. The van der Waals surface area contributed by atoms with Crippen LogP contribution in [0.4, 0.5) is 0 Å². The average molecular weight is 218 g/mol. The summed E-state index contributed by atoms with van der Waals surface area (Å²) in [5, 5.41) is 8.66. The molecule has 0 aromatic carbocycles. The molecule has 0 radical (unpaired) electrons. The van der Waals surface area contributed by atoms with E-state index >= 15 is 0 Å². The molecule has 0 spiro atoms. The topological polar surface area (TPSA) is 42.2 Å². The Kier molecular flexibility index (Phi) is 2.04. The third-order valence-electron chi connectivity index (χ3n) is 1.69. The van der Waals surface area contributed by atoms with Crippen LogP contribution in [0.3, 0.4) is 0 Å². The number of rotatable bonds is 1. The molecule has 0 saturated carbocycles. The van der Waals surface area contributed by atoms with Crippen molar-refractivity contribution in [2.45, 2.75) is 6.92 Å². The van der Waals surface area contributed by atoms with Crippen LogP contribution in [0.2, 0.25) is 0 Å². The quantitative estimate of drug-likeness (QED) is 0.780. The third-order valence-corrected chi connectivity index (χ3v) is 2.50. The minimum Gasteiger partial charge on any atom is -0.477 e. The molecule has 0 bridgehead atoms. The summed E-state index contributed by atoms with van der Waals surface area (Å²) in [6.07, 6.45) is 0. The average Bonchev–Trinajstić information content (AvgIpc) is 2.17. The van der Waals surface area contributed by atoms with E-state index in [-0.39, 0.29) is 0 Å². The maximum absolute atomic E-state index is 10.5. The molecule has 1 N–H and O–H groups in total. The van der Waals surface area contributed by atoms with Crippen LogP contribution in [0.15, 0.2) is 10.5 Å². The van der Waals surface area contributed by atoms with Gasteiger partial charge in [0, 0.05) is 17.2 Å². The Labute approximate surface area is 72.8 Å². The van der Waals surface area contributed by atoms with Crippen LogP contribution in [0, 0.1) is 6.92 Å². The van der Waals surface area contributed by atoms with Crippen molar-refractivity contribution in [2.75, 3.05) is 0 Å². The second-order valence-electron chi connectivity index (χ2n) is 2.33. The normalized spacial score (nSPS) is 10.1. The van der Waals surface area contributed by atoms with E-state index in [1.807, 2.05) is 6.92 Å². The van der Waals surface area contributed by atoms with Crippen LogP contribution in [0.1, 0.15) is 16.2 Å². The third kappa shape index (κ3) is 1.30. The summed E-state index contributed by atoms with van der Waals surface area (Å²) >= 11 is 3.25. The lowest BCUT2D eigenvalue weighted by molar-refractivity contribution is 0.0686. The van der Waals surface area contributed by atoms with Crippen molar-refractivity contribution in [3.05, 3.63) is 21.9 Å². The van der Waals surface area contributed by atoms with Crippen LogP contribution >= 0.6 is 15.9 Å². The van der Waals surface area contributed by atoms with Crippen molar-refractivity contribution >= 4 is 21.9 Å². The van der Waals surface area contributed by atoms with Gasteiger partial charge in [-0.1, -0.05) is 0 Å². The number of hydrogen-bond donors (Lipinski definition) is 1. The fraction of sp³-hybridized carbons (Fsp3) is 0.286. The highest BCUT2D eigenvalue weighted by Crippen LogP contribution is 2.19. The number of carboxylic acid groups (broad SMARTS) is 1. The summed E-state index contributed by atoms with van der Waals surface area (Å²) in [6.45, 7) is 1.86. The van der Waals surface area contributed by atoms with Gasteiger partial charge in [0.05, 0.1) is 0 Å². The molecule has 0 aliphatic rings. The SMILES string of the molecule is Cc1c(Br)cc(C(=O)O)n1C. The zero-order valence-corrected chi connectivity index (χ0v) is 7.84. The first-order valence-electron chi connectivity index (χ1n) is 3.09. The van der Waals surface area contributed by atoms with Crippen molar-refractivity contribution in [2.24, 2.45) is 7.05 Å². The summed E-state index contributed by atoms with van der Waals surface area (Å²) in [5.74, 6) is -0.902. The molecule has 11 heavy (non-hydrogen) atoms. The summed E-state index contributed by atoms with van der Waals surface area (Å²) in [7, 11) is 1.73. The van der Waals surface area contributed by atoms with E-state index in [1.165, 1.54) is 0 Å². The number of carboxylic acids is 1. The smallest absolute Gasteiger partial charge is 0.352 e. The van der Waals surface area contributed by atoms with Gasteiger partial charge in [0.2, 0.25) is 0 Å². The lowest BCUT2D eigenvalue weighted by Crippen LogP contribution is -2.04. The summed E-state index contributed by atoms with van der Waals surface area (Å²) < 4.78 is 2.46. The zero-order valence-electron chi connectivity index (χ0n) is 6.26. The van der Waals surface area contributed by atoms with Gasteiger partial charge < -0.3 is 9.67 Å². The van der Waals surface area contributed by atoms with Gasteiger partial charge in [0.25, 0.3) is 0 Å². The number of aromatic nitrogens is 1. The van der Waals surface area contributed by atoms with E-state index in [4.69, 9.17) is 5.11 Å². The van der Waals surface area contributed by atoms with Gasteiger partial charge in [0.1, 0.15) is 5.69 Å². The highest BCUT2D eigenvalue weighted by molar-refractivity contribution is 9.10. The molecule has 3 nitrogen and oxygen atoms in total. The lowest BCUT2D eigenvalue weighted by Gasteiger charge is -1.98. The van der Waals surface area contributed by atoms with Gasteiger partial charge in [-0.05, 0) is 28.9 Å². The second kappa shape index (κ2) is 2.70. The Bertz CT molecular complexity index is 304. The molecule has 0 amide bonds. The van der Waals surface area contributed by atoms with Crippen LogP contribution in [0.5, 0.6) is 0 Å². The minimum absolute atomic E-state index is 0.300. The first-order chi connectivity index (χ1) is 5.04. The van der Waals surface area contributed by atoms with Crippen LogP contribution < -0.4 is 0 Å². The standard InChI is InChI=1S/C7H8BrNO2/c1-4-5(8)3-6(7(10)11)9(4)2/h3H,1-2H3,(H,10,11). The van der Waals surface area contributed by atoms with Crippen LogP contribution in [-0.2, 0) is 7.05 Å². The molecule has 60 valence electrons. The maximum atomic E-state index is 10.5. The molecule has 1 aromatic heterocycles. The molecule has 0 aliphatic carbocycles.